The quantitative estimate of drug-likeness (QED) is 0.609. The number of hydrogen-bond donors (Lipinski definition) is 0. The first-order chi connectivity index (χ1) is 9.49. The molecule has 1 aliphatic carbocycles. The molecule has 1 saturated heterocycles. The van der Waals surface area contributed by atoms with Gasteiger partial charge in [0.15, 0.2) is 9.84 Å². The second-order valence-corrected chi connectivity index (χ2v) is 8.14. The molecule has 0 spiro atoms. The van der Waals surface area contributed by atoms with E-state index >= 15 is 0 Å². The summed E-state index contributed by atoms with van der Waals surface area (Å²) in [6.07, 6.45) is 3.17. The number of benzene rings is 1. The molecule has 1 aromatic carbocycles. The number of rotatable bonds is 4. The Balaban J connectivity index is 1.98. The first-order valence-electron chi connectivity index (χ1n) is 6.20. The van der Waals surface area contributed by atoms with E-state index < -0.39 is 20.6 Å². The molecule has 5 nitrogen and oxygen atoms in total. The fourth-order valence-electron chi connectivity index (χ4n) is 2.26. The third-order valence-electron chi connectivity index (χ3n) is 3.81. The van der Waals surface area contributed by atoms with E-state index in [1.165, 1.54) is 0 Å². The molecule has 0 unspecified atom stereocenters. The van der Waals surface area contributed by atoms with Gasteiger partial charge >= 0.3 is 0 Å². The molecule has 0 radical (unpaired) electrons. The highest BCUT2D eigenvalue weighted by atomic mass is 79.9. The van der Waals surface area contributed by atoms with Crippen LogP contribution in [0.1, 0.15) is 18.4 Å². The Bertz CT molecular complexity index is 701. The fourth-order valence-corrected chi connectivity index (χ4v) is 4.82. The van der Waals surface area contributed by atoms with Crippen molar-refractivity contribution < 1.29 is 17.9 Å². The smallest absolute Gasteiger partial charge is 0.235 e. The average Bonchev–Trinajstić information content (AvgIpc) is 3.07. The lowest BCUT2D eigenvalue weighted by Gasteiger charge is -2.26. The van der Waals surface area contributed by atoms with Crippen molar-refractivity contribution in [1.82, 2.24) is 0 Å². The van der Waals surface area contributed by atoms with E-state index in [-0.39, 0.29) is 18.1 Å². The van der Waals surface area contributed by atoms with E-state index in [2.05, 4.69) is 20.9 Å². The van der Waals surface area contributed by atoms with E-state index in [0.29, 0.717) is 4.47 Å². The molecule has 106 valence electrons. The van der Waals surface area contributed by atoms with Crippen LogP contribution in [0.3, 0.4) is 0 Å². The Labute approximate surface area is 125 Å². The summed E-state index contributed by atoms with van der Waals surface area (Å²) >= 11 is 3.32. The molecule has 0 N–H and O–H groups in total. The second-order valence-electron chi connectivity index (χ2n) is 5.08. The molecule has 2 fully saturated rings. The van der Waals surface area contributed by atoms with Gasteiger partial charge in [0.2, 0.25) is 6.08 Å². The lowest BCUT2D eigenvalue weighted by molar-refractivity contribution is 0.0416. The zero-order valence-corrected chi connectivity index (χ0v) is 12.9. The minimum absolute atomic E-state index is 0.246. The highest BCUT2D eigenvalue weighted by molar-refractivity contribution is 9.10. The first kappa shape index (κ1) is 13.9. The summed E-state index contributed by atoms with van der Waals surface area (Å²) < 4.78 is 30.1. The fraction of sp³-hybridized carbons (Fsp3) is 0.462. The van der Waals surface area contributed by atoms with Gasteiger partial charge in [0.1, 0.15) is 5.25 Å². The van der Waals surface area contributed by atoms with Crippen LogP contribution < -0.4 is 0 Å². The van der Waals surface area contributed by atoms with Crippen molar-refractivity contribution >= 4 is 31.8 Å². The topological polar surface area (TPSA) is 72.8 Å². The predicted octanol–water partition coefficient (Wildman–Crippen LogP) is 1.95. The standard InChI is InChI=1S/C13H12BrNO4S/c14-11-5-9(13(3-4-13)15-8-16)1-2-12(11)20(17,18)10-6-19-7-10/h1-2,5,10H,3-4,6-7H2. The highest BCUT2D eigenvalue weighted by Crippen LogP contribution is 2.50. The molecular formula is C13H12BrNO4S. The molecule has 0 bridgehead atoms. The van der Waals surface area contributed by atoms with Gasteiger partial charge in [-0.3, -0.25) is 0 Å². The van der Waals surface area contributed by atoms with Crippen molar-refractivity contribution in [3.8, 4) is 0 Å². The third-order valence-corrected chi connectivity index (χ3v) is 6.84. The molecule has 7 heteroatoms. The van der Waals surface area contributed by atoms with E-state index in [1.54, 1.807) is 24.3 Å². The van der Waals surface area contributed by atoms with Crippen LogP contribution in [0.5, 0.6) is 0 Å². The Morgan fingerprint density at radius 1 is 1.35 bits per heavy atom. The van der Waals surface area contributed by atoms with Crippen molar-refractivity contribution in [2.45, 2.75) is 28.5 Å². The number of ether oxygens (including phenoxy) is 1. The van der Waals surface area contributed by atoms with Gasteiger partial charge in [-0.1, -0.05) is 6.07 Å². The van der Waals surface area contributed by atoms with Gasteiger partial charge in [0.25, 0.3) is 0 Å². The van der Waals surface area contributed by atoms with Gasteiger partial charge in [-0.2, -0.15) is 4.99 Å². The molecule has 1 aromatic rings. The number of carbonyl (C=O) groups excluding carboxylic acids is 1. The maximum absolute atomic E-state index is 12.3. The zero-order chi connectivity index (χ0) is 14.4. The first-order valence-corrected chi connectivity index (χ1v) is 8.54. The largest absolute Gasteiger partial charge is 0.379 e. The van der Waals surface area contributed by atoms with Crippen molar-refractivity contribution in [2.24, 2.45) is 4.99 Å². The summed E-state index contributed by atoms with van der Waals surface area (Å²) in [5.74, 6) is 0. The molecule has 2 aliphatic rings. The molecule has 0 atom stereocenters. The van der Waals surface area contributed by atoms with Crippen LogP contribution in [0.25, 0.3) is 0 Å². The van der Waals surface area contributed by atoms with E-state index in [0.717, 1.165) is 18.4 Å². The van der Waals surface area contributed by atoms with Crippen LogP contribution in [0.2, 0.25) is 0 Å². The van der Waals surface area contributed by atoms with Crippen molar-refractivity contribution in [1.29, 1.82) is 0 Å². The summed E-state index contributed by atoms with van der Waals surface area (Å²) in [5, 5.41) is -0.465. The minimum atomic E-state index is -3.37. The molecule has 1 aliphatic heterocycles. The van der Waals surface area contributed by atoms with Crippen LogP contribution in [0.4, 0.5) is 0 Å². The Morgan fingerprint density at radius 2 is 2.05 bits per heavy atom. The Hall–Kier alpha value is -1.01. The van der Waals surface area contributed by atoms with Crippen molar-refractivity contribution in [2.75, 3.05) is 13.2 Å². The monoisotopic (exact) mass is 357 g/mol. The number of halogens is 1. The van der Waals surface area contributed by atoms with Crippen LogP contribution in [0.15, 0.2) is 32.6 Å². The molecule has 0 amide bonds. The van der Waals surface area contributed by atoms with Crippen LogP contribution in [-0.2, 0) is 24.9 Å². The minimum Gasteiger partial charge on any atom is -0.379 e. The number of aliphatic imine (C=N–C) groups is 1. The van der Waals surface area contributed by atoms with Crippen LogP contribution in [0, 0.1) is 0 Å². The van der Waals surface area contributed by atoms with Crippen LogP contribution >= 0.6 is 15.9 Å². The SMILES string of the molecule is O=C=NC1(c2ccc(S(=O)(=O)C3COC3)c(Br)c2)CC1. The summed E-state index contributed by atoms with van der Waals surface area (Å²) in [6.45, 7) is 0.492. The van der Waals surface area contributed by atoms with Gasteiger partial charge < -0.3 is 4.74 Å². The third kappa shape index (κ3) is 2.15. The highest BCUT2D eigenvalue weighted by Gasteiger charge is 2.45. The lowest BCUT2D eigenvalue weighted by Crippen LogP contribution is -2.40. The van der Waals surface area contributed by atoms with Crippen LogP contribution in [-0.4, -0.2) is 33.0 Å². The van der Waals surface area contributed by atoms with Gasteiger partial charge in [-0.05, 0) is 46.5 Å². The molecule has 1 heterocycles. The number of sulfone groups is 1. The number of nitrogens with zero attached hydrogens (tertiary/aromatic N) is 1. The van der Waals surface area contributed by atoms with Gasteiger partial charge in [-0.15, -0.1) is 0 Å². The normalized spacial score (nSPS) is 20.9. The van der Waals surface area contributed by atoms with Gasteiger partial charge in [0.05, 0.1) is 23.6 Å². The number of hydrogen-bond acceptors (Lipinski definition) is 5. The molecule has 0 aromatic heterocycles. The number of isocyanates is 1. The summed E-state index contributed by atoms with van der Waals surface area (Å²) in [7, 11) is -3.37. The Kier molecular flexibility index (Phi) is 3.33. The average molecular weight is 358 g/mol. The summed E-state index contributed by atoms with van der Waals surface area (Å²) in [4.78, 5) is 14.6. The van der Waals surface area contributed by atoms with Crippen molar-refractivity contribution in [3.63, 3.8) is 0 Å². The van der Waals surface area contributed by atoms with E-state index in [9.17, 15) is 13.2 Å². The van der Waals surface area contributed by atoms with E-state index in [4.69, 9.17) is 4.74 Å². The Morgan fingerprint density at radius 3 is 2.50 bits per heavy atom. The van der Waals surface area contributed by atoms with Gasteiger partial charge in [0, 0.05) is 4.47 Å². The zero-order valence-electron chi connectivity index (χ0n) is 10.5. The summed E-state index contributed by atoms with van der Waals surface area (Å²) in [5.41, 5.74) is 0.350. The van der Waals surface area contributed by atoms with Gasteiger partial charge in [-0.25, -0.2) is 13.2 Å². The maximum atomic E-state index is 12.3. The van der Waals surface area contributed by atoms with Crippen molar-refractivity contribution in [3.05, 3.63) is 28.2 Å². The predicted molar refractivity (Wildman–Crippen MR) is 75.0 cm³/mol. The second kappa shape index (κ2) is 4.77. The molecule has 20 heavy (non-hydrogen) atoms. The molecule has 1 saturated carbocycles. The maximum Gasteiger partial charge on any atom is 0.235 e. The lowest BCUT2D eigenvalue weighted by atomic mass is 10.1. The molecular weight excluding hydrogens is 346 g/mol. The molecule has 3 rings (SSSR count). The van der Waals surface area contributed by atoms with E-state index in [1.807, 2.05) is 0 Å². The summed E-state index contributed by atoms with van der Waals surface area (Å²) in [6, 6.07) is 5.04.